The molecule has 0 spiro atoms. The molecule has 162 valence electrons. The Labute approximate surface area is 175 Å². The smallest absolute Gasteiger partial charge is 0.240 e. The fourth-order valence-corrected chi connectivity index (χ4v) is 4.72. The Bertz CT molecular complexity index is 955. The van der Waals surface area contributed by atoms with Crippen molar-refractivity contribution in [2.24, 2.45) is 0 Å². The minimum absolute atomic E-state index is 0.0447. The molecule has 0 aliphatic carbocycles. The Kier molecular flexibility index (Phi) is 7.54. The van der Waals surface area contributed by atoms with Gasteiger partial charge in [0.2, 0.25) is 15.9 Å². The van der Waals surface area contributed by atoms with E-state index in [1.807, 2.05) is 0 Å². The second kappa shape index (κ2) is 10.1. The van der Waals surface area contributed by atoms with Crippen LogP contribution in [0.25, 0.3) is 0 Å². The Hall–Kier alpha value is -2.33. The van der Waals surface area contributed by atoms with Crippen molar-refractivity contribution in [1.29, 1.82) is 0 Å². The Morgan fingerprint density at radius 2 is 1.80 bits per heavy atom. The van der Waals surface area contributed by atoms with Crippen molar-refractivity contribution in [3.63, 3.8) is 0 Å². The molecule has 1 heterocycles. The SMILES string of the molecule is O=C(C[C@H]1CC[C@H](NS(=O)(=O)c2ccccc2)[C@@H](CO)O1)NCc1ccccc1F. The van der Waals surface area contributed by atoms with Crippen LogP contribution in [0.15, 0.2) is 59.5 Å². The second-order valence-electron chi connectivity index (χ2n) is 7.17. The van der Waals surface area contributed by atoms with E-state index < -0.39 is 28.3 Å². The van der Waals surface area contributed by atoms with Crippen LogP contribution in [0.3, 0.4) is 0 Å². The van der Waals surface area contributed by atoms with Crippen LogP contribution in [0.4, 0.5) is 4.39 Å². The number of halogens is 1. The van der Waals surface area contributed by atoms with Gasteiger partial charge in [-0.05, 0) is 31.0 Å². The lowest BCUT2D eigenvalue weighted by molar-refractivity contribution is -0.130. The molecule has 3 atom stereocenters. The van der Waals surface area contributed by atoms with Gasteiger partial charge in [0.1, 0.15) is 5.82 Å². The number of hydrogen-bond donors (Lipinski definition) is 3. The van der Waals surface area contributed by atoms with Gasteiger partial charge in [-0.15, -0.1) is 0 Å². The van der Waals surface area contributed by atoms with Gasteiger partial charge in [-0.1, -0.05) is 36.4 Å². The minimum atomic E-state index is -3.74. The molecular formula is C21H25FN2O5S. The first-order valence-corrected chi connectivity index (χ1v) is 11.2. The van der Waals surface area contributed by atoms with Gasteiger partial charge in [-0.2, -0.15) is 0 Å². The predicted molar refractivity (Wildman–Crippen MR) is 108 cm³/mol. The van der Waals surface area contributed by atoms with Gasteiger partial charge in [-0.3, -0.25) is 4.79 Å². The van der Waals surface area contributed by atoms with Crippen molar-refractivity contribution >= 4 is 15.9 Å². The highest BCUT2D eigenvalue weighted by Gasteiger charge is 2.34. The summed E-state index contributed by atoms with van der Waals surface area (Å²) < 4.78 is 47.0. The van der Waals surface area contributed by atoms with E-state index in [-0.39, 0.29) is 36.2 Å². The summed E-state index contributed by atoms with van der Waals surface area (Å²) in [5.41, 5.74) is 0.388. The van der Waals surface area contributed by atoms with Gasteiger partial charge in [-0.25, -0.2) is 17.5 Å². The average molecular weight is 437 g/mol. The first-order chi connectivity index (χ1) is 14.4. The largest absolute Gasteiger partial charge is 0.394 e. The van der Waals surface area contributed by atoms with Crippen molar-refractivity contribution in [3.05, 3.63) is 66.0 Å². The van der Waals surface area contributed by atoms with Crippen LogP contribution in [0, 0.1) is 5.82 Å². The second-order valence-corrected chi connectivity index (χ2v) is 8.88. The third-order valence-corrected chi connectivity index (χ3v) is 6.51. The highest BCUT2D eigenvalue weighted by atomic mass is 32.2. The normalized spacial score (nSPS) is 21.9. The van der Waals surface area contributed by atoms with E-state index in [1.165, 1.54) is 18.2 Å². The third kappa shape index (κ3) is 5.85. The molecule has 0 saturated carbocycles. The Balaban J connectivity index is 1.52. The van der Waals surface area contributed by atoms with E-state index in [0.29, 0.717) is 18.4 Å². The molecule has 3 rings (SSSR count). The number of benzene rings is 2. The van der Waals surface area contributed by atoms with Gasteiger partial charge < -0.3 is 15.2 Å². The minimum Gasteiger partial charge on any atom is -0.394 e. The average Bonchev–Trinajstić information content (AvgIpc) is 2.74. The van der Waals surface area contributed by atoms with Gasteiger partial charge >= 0.3 is 0 Å². The number of carbonyl (C=O) groups excluding carboxylic acids is 1. The number of aliphatic hydroxyl groups excluding tert-OH is 1. The van der Waals surface area contributed by atoms with Gasteiger partial charge in [0.05, 0.1) is 36.2 Å². The maximum absolute atomic E-state index is 13.6. The van der Waals surface area contributed by atoms with E-state index in [1.54, 1.807) is 36.4 Å². The first-order valence-electron chi connectivity index (χ1n) is 9.73. The van der Waals surface area contributed by atoms with Crippen LogP contribution >= 0.6 is 0 Å². The fraction of sp³-hybridized carbons (Fsp3) is 0.381. The quantitative estimate of drug-likeness (QED) is 0.585. The number of carbonyl (C=O) groups is 1. The Morgan fingerprint density at radius 1 is 1.10 bits per heavy atom. The van der Waals surface area contributed by atoms with Crippen LogP contribution in [-0.2, 0) is 26.1 Å². The summed E-state index contributed by atoms with van der Waals surface area (Å²) in [6.45, 7) is -0.309. The van der Waals surface area contributed by atoms with Crippen LogP contribution in [0.5, 0.6) is 0 Å². The molecule has 0 aromatic heterocycles. The number of rotatable bonds is 8. The summed E-state index contributed by atoms with van der Waals surface area (Å²) in [6.07, 6.45) is -0.307. The molecule has 0 radical (unpaired) electrons. The molecule has 1 saturated heterocycles. The van der Waals surface area contributed by atoms with E-state index in [4.69, 9.17) is 4.74 Å². The number of sulfonamides is 1. The highest BCUT2D eigenvalue weighted by Crippen LogP contribution is 2.23. The van der Waals surface area contributed by atoms with Gasteiger partial charge in [0.15, 0.2) is 0 Å². The van der Waals surface area contributed by atoms with Gasteiger partial charge in [0.25, 0.3) is 0 Å². The van der Waals surface area contributed by atoms with E-state index in [0.717, 1.165) is 0 Å². The zero-order chi connectivity index (χ0) is 21.6. The van der Waals surface area contributed by atoms with Crippen LogP contribution < -0.4 is 10.0 Å². The maximum Gasteiger partial charge on any atom is 0.240 e. The number of hydrogen-bond acceptors (Lipinski definition) is 5. The predicted octanol–water partition coefficient (Wildman–Crippen LogP) is 1.72. The molecule has 1 aliphatic heterocycles. The molecule has 3 N–H and O–H groups in total. The topological polar surface area (TPSA) is 105 Å². The van der Waals surface area contributed by atoms with Crippen molar-refractivity contribution in [2.45, 2.75) is 49.0 Å². The van der Waals surface area contributed by atoms with Crippen molar-refractivity contribution in [2.75, 3.05) is 6.61 Å². The molecule has 0 unspecified atom stereocenters. The van der Waals surface area contributed by atoms with E-state index in [2.05, 4.69) is 10.0 Å². The number of aliphatic hydroxyl groups is 1. The molecule has 2 aromatic rings. The molecule has 1 aliphatic rings. The molecule has 1 amide bonds. The molecule has 7 nitrogen and oxygen atoms in total. The number of nitrogens with one attached hydrogen (secondary N) is 2. The molecule has 0 bridgehead atoms. The molecule has 1 fully saturated rings. The monoisotopic (exact) mass is 436 g/mol. The van der Waals surface area contributed by atoms with Crippen molar-refractivity contribution in [1.82, 2.24) is 10.0 Å². The highest BCUT2D eigenvalue weighted by molar-refractivity contribution is 7.89. The lowest BCUT2D eigenvalue weighted by atomic mass is 9.98. The molecule has 2 aromatic carbocycles. The molecule has 9 heteroatoms. The summed E-state index contributed by atoms with van der Waals surface area (Å²) in [6, 6.07) is 13.6. The third-order valence-electron chi connectivity index (χ3n) is 5.00. The standard InChI is InChI=1S/C21H25FN2O5S/c22-18-9-5-4-6-15(18)13-23-21(26)12-16-10-11-19(20(14-25)29-16)24-30(27,28)17-7-2-1-3-8-17/h1-9,16,19-20,24-25H,10-14H2,(H,23,26)/t16-,19+,20-/m1/s1. The lowest BCUT2D eigenvalue weighted by Gasteiger charge is -2.35. The molecule has 30 heavy (non-hydrogen) atoms. The van der Waals surface area contributed by atoms with Crippen molar-refractivity contribution in [3.8, 4) is 0 Å². The summed E-state index contributed by atoms with van der Waals surface area (Å²) in [7, 11) is -3.74. The Morgan fingerprint density at radius 3 is 2.50 bits per heavy atom. The molecular weight excluding hydrogens is 411 g/mol. The first kappa shape index (κ1) is 22.4. The van der Waals surface area contributed by atoms with Crippen molar-refractivity contribution < 1.29 is 27.4 Å². The van der Waals surface area contributed by atoms with Crippen LogP contribution in [-0.4, -0.2) is 44.3 Å². The summed E-state index contributed by atoms with van der Waals surface area (Å²) in [4.78, 5) is 12.3. The van der Waals surface area contributed by atoms with Gasteiger partial charge in [0, 0.05) is 12.1 Å². The summed E-state index contributed by atoms with van der Waals surface area (Å²) >= 11 is 0. The van der Waals surface area contributed by atoms with E-state index in [9.17, 15) is 22.7 Å². The summed E-state index contributed by atoms with van der Waals surface area (Å²) in [5, 5.41) is 12.3. The van der Waals surface area contributed by atoms with E-state index >= 15 is 0 Å². The summed E-state index contributed by atoms with van der Waals surface area (Å²) in [5.74, 6) is -0.691. The van der Waals surface area contributed by atoms with Crippen LogP contribution in [0.2, 0.25) is 0 Å². The zero-order valence-electron chi connectivity index (χ0n) is 16.3. The lowest BCUT2D eigenvalue weighted by Crippen LogP contribution is -2.51. The fourth-order valence-electron chi connectivity index (χ4n) is 3.40. The zero-order valence-corrected chi connectivity index (χ0v) is 17.1. The number of ether oxygens (including phenoxy) is 1. The maximum atomic E-state index is 13.6. The van der Waals surface area contributed by atoms with Crippen LogP contribution in [0.1, 0.15) is 24.8 Å². The number of amides is 1.